The van der Waals surface area contributed by atoms with Crippen molar-refractivity contribution in [2.75, 3.05) is 20.6 Å². The molecule has 6 heteroatoms. The molecule has 0 unspecified atom stereocenters. The Hall–Kier alpha value is -1.95. The Morgan fingerprint density at radius 2 is 1.73 bits per heavy atom. The molecule has 0 N–H and O–H groups in total. The van der Waals surface area contributed by atoms with Gasteiger partial charge in [0, 0.05) is 12.0 Å². The highest BCUT2D eigenvalue weighted by Crippen LogP contribution is 2.27. The van der Waals surface area contributed by atoms with Crippen molar-refractivity contribution in [2.24, 2.45) is 0 Å². The Kier molecular flexibility index (Phi) is 5.13. The summed E-state index contributed by atoms with van der Waals surface area (Å²) in [6, 6.07) is 9.36. The second kappa shape index (κ2) is 6.87. The number of hydrogen-bond acceptors (Lipinski definition) is 3. The number of benzene rings is 1. The molecule has 0 spiro atoms. The number of hydrogen-bond donors (Lipinski definition) is 0. The Morgan fingerprint density at radius 3 is 2.32 bits per heavy atom. The number of aryl methyl sites for hydroxylation is 1. The van der Waals surface area contributed by atoms with Gasteiger partial charge in [-0.2, -0.15) is 0 Å². The summed E-state index contributed by atoms with van der Waals surface area (Å²) in [6.45, 7) is 0.972. The van der Waals surface area contributed by atoms with Crippen LogP contribution in [-0.2, 0) is 6.42 Å². The minimum atomic E-state index is -4.67. The van der Waals surface area contributed by atoms with Gasteiger partial charge in [0.2, 0.25) is 0 Å². The number of ether oxygens (including phenoxy) is 1. The van der Waals surface area contributed by atoms with Gasteiger partial charge < -0.3 is 14.1 Å². The van der Waals surface area contributed by atoms with Crippen LogP contribution < -0.4 is 4.74 Å². The minimum absolute atomic E-state index is 0.242. The highest BCUT2D eigenvalue weighted by atomic mass is 19.4. The van der Waals surface area contributed by atoms with Crippen LogP contribution in [0.5, 0.6) is 5.75 Å². The lowest BCUT2D eigenvalue weighted by Crippen LogP contribution is -2.16. The molecule has 0 saturated heterocycles. The van der Waals surface area contributed by atoms with Crippen molar-refractivity contribution in [1.29, 1.82) is 0 Å². The van der Waals surface area contributed by atoms with E-state index in [0.717, 1.165) is 25.1 Å². The zero-order valence-corrected chi connectivity index (χ0v) is 12.5. The van der Waals surface area contributed by atoms with E-state index in [9.17, 15) is 13.2 Å². The molecular weight excluding hydrogens is 295 g/mol. The van der Waals surface area contributed by atoms with Gasteiger partial charge in [0.1, 0.15) is 17.3 Å². The fourth-order valence-corrected chi connectivity index (χ4v) is 2.06. The van der Waals surface area contributed by atoms with Crippen LogP contribution in [0.15, 0.2) is 40.8 Å². The Labute approximate surface area is 127 Å². The quantitative estimate of drug-likeness (QED) is 0.793. The molecule has 120 valence electrons. The normalized spacial score (nSPS) is 11.9. The summed E-state index contributed by atoms with van der Waals surface area (Å²) in [5, 5.41) is 0. The molecule has 0 aliphatic carbocycles. The first kappa shape index (κ1) is 16.4. The van der Waals surface area contributed by atoms with Crippen molar-refractivity contribution in [3.8, 4) is 17.1 Å². The van der Waals surface area contributed by atoms with Gasteiger partial charge in [0.15, 0.2) is 0 Å². The van der Waals surface area contributed by atoms with Crippen molar-refractivity contribution < 1.29 is 22.3 Å². The lowest BCUT2D eigenvalue weighted by molar-refractivity contribution is -0.274. The number of halogens is 3. The van der Waals surface area contributed by atoms with E-state index < -0.39 is 6.36 Å². The molecule has 3 nitrogen and oxygen atoms in total. The predicted molar refractivity (Wildman–Crippen MR) is 77.7 cm³/mol. The van der Waals surface area contributed by atoms with Crippen LogP contribution in [0.3, 0.4) is 0 Å². The van der Waals surface area contributed by atoms with Crippen LogP contribution in [0, 0.1) is 0 Å². The molecule has 1 heterocycles. The molecule has 0 atom stereocenters. The topological polar surface area (TPSA) is 25.6 Å². The van der Waals surface area contributed by atoms with Crippen molar-refractivity contribution in [3.63, 3.8) is 0 Å². The lowest BCUT2D eigenvalue weighted by Gasteiger charge is -2.08. The highest BCUT2D eigenvalue weighted by molar-refractivity contribution is 5.58. The summed E-state index contributed by atoms with van der Waals surface area (Å²) in [5.74, 6) is 1.26. The maximum absolute atomic E-state index is 12.1. The van der Waals surface area contributed by atoms with Gasteiger partial charge in [-0.15, -0.1) is 13.2 Å². The summed E-state index contributed by atoms with van der Waals surface area (Å²) in [5.41, 5.74) is 0.716. The smallest absolute Gasteiger partial charge is 0.461 e. The van der Waals surface area contributed by atoms with Crippen molar-refractivity contribution in [3.05, 3.63) is 42.2 Å². The standard InChI is InChI=1S/C16H18F3NO2/c1-20(2)11-3-4-13-9-10-15(21-13)12-5-7-14(8-6-12)22-16(17,18)19/h5-10H,3-4,11H2,1-2H3. The van der Waals surface area contributed by atoms with Gasteiger partial charge in [-0.25, -0.2) is 0 Å². The third kappa shape index (κ3) is 5.11. The van der Waals surface area contributed by atoms with Gasteiger partial charge in [-0.3, -0.25) is 0 Å². The van der Waals surface area contributed by atoms with E-state index in [0.29, 0.717) is 11.3 Å². The number of furan rings is 1. The summed E-state index contributed by atoms with van der Waals surface area (Å²) in [7, 11) is 4.02. The molecule has 22 heavy (non-hydrogen) atoms. The molecule has 0 aliphatic heterocycles. The van der Waals surface area contributed by atoms with E-state index in [1.807, 2.05) is 26.2 Å². The summed E-state index contributed by atoms with van der Waals surface area (Å²) < 4.78 is 45.8. The fraction of sp³-hybridized carbons (Fsp3) is 0.375. The summed E-state index contributed by atoms with van der Waals surface area (Å²) in [4.78, 5) is 2.10. The third-order valence-corrected chi connectivity index (χ3v) is 3.06. The first-order chi connectivity index (χ1) is 10.3. The zero-order valence-electron chi connectivity index (χ0n) is 12.5. The summed E-state index contributed by atoms with van der Waals surface area (Å²) >= 11 is 0. The minimum Gasteiger partial charge on any atom is -0.461 e. The van der Waals surface area contributed by atoms with Crippen molar-refractivity contribution >= 4 is 0 Å². The van der Waals surface area contributed by atoms with Gasteiger partial charge in [-0.05, 0) is 63.5 Å². The number of alkyl halides is 3. The Bertz CT molecular complexity index is 588. The van der Waals surface area contributed by atoms with Gasteiger partial charge in [0.05, 0.1) is 0 Å². The van der Waals surface area contributed by atoms with Crippen molar-refractivity contribution in [2.45, 2.75) is 19.2 Å². The average Bonchev–Trinajstić information content (AvgIpc) is 2.86. The second-order valence-electron chi connectivity index (χ2n) is 5.24. The molecule has 2 aromatic rings. The van der Waals surface area contributed by atoms with Crippen LogP contribution in [0.2, 0.25) is 0 Å². The molecule has 0 amide bonds. The zero-order chi connectivity index (χ0) is 16.2. The monoisotopic (exact) mass is 313 g/mol. The van der Waals surface area contributed by atoms with E-state index >= 15 is 0 Å². The predicted octanol–water partition coefficient (Wildman–Crippen LogP) is 4.34. The lowest BCUT2D eigenvalue weighted by atomic mass is 10.2. The molecule has 0 radical (unpaired) electrons. The molecule has 0 bridgehead atoms. The van der Waals surface area contributed by atoms with Crippen LogP contribution >= 0.6 is 0 Å². The second-order valence-corrected chi connectivity index (χ2v) is 5.24. The Morgan fingerprint density at radius 1 is 1.05 bits per heavy atom. The first-order valence-corrected chi connectivity index (χ1v) is 6.93. The fourth-order valence-electron chi connectivity index (χ4n) is 2.06. The largest absolute Gasteiger partial charge is 0.573 e. The average molecular weight is 313 g/mol. The van der Waals surface area contributed by atoms with Gasteiger partial charge >= 0.3 is 6.36 Å². The number of nitrogens with zero attached hydrogens (tertiary/aromatic N) is 1. The summed E-state index contributed by atoms with van der Waals surface area (Å²) in [6.07, 6.45) is -2.86. The van der Waals surface area contributed by atoms with Gasteiger partial charge in [-0.1, -0.05) is 0 Å². The maximum atomic E-state index is 12.1. The van der Waals surface area contributed by atoms with E-state index in [4.69, 9.17) is 4.42 Å². The SMILES string of the molecule is CN(C)CCCc1ccc(-c2ccc(OC(F)(F)F)cc2)o1. The molecule has 1 aromatic heterocycles. The van der Waals surface area contributed by atoms with Crippen LogP contribution in [-0.4, -0.2) is 31.9 Å². The van der Waals surface area contributed by atoms with Crippen molar-refractivity contribution in [1.82, 2.24) is 4.90 Å². The highest BCUT2D eigenvalue weighted by Gasteiger charge is 2.30. The molecule has 2 rings (SSSR count). The van der Waals surface area contributed by atoms with E-state index in [2.05, 4.69) is 9.64 Å². The first-order valence-electron chi connectivity index (χ1n) is 6.93. The number of rotatable bonds is 6. The van der Waals surface area contributed by atoms with E-state index in [-0.39, 0.29) is 5.75 Å². The molecule has 0 aliphatic rings. The molecule has 0 saturated carbocycles. The third-order valence-electron chi connectivity index (χ3n) is 3.06. The van der Waals surface area contributed by atoms with Crippen LogP contribution in [0.4, 0.5) is 13.2 Å². The van der Waals surface area contributed by atoms with Crippen LogP contribution in [0.25, 0.3) is 11.3 Å². The molecular formula is C16H18F3NO2. The van der Waals surface area contributed by atoms with E-state index in [1.165, 1.54) is 12.1 Å². The molecule has 0 fully saturated rings. The molecule has 1 aromatic carbocycles. The Balaban J connectivity index is 1.98. The van der Waals surface area contributed by atoms with E-state index in [1.54, 1.807) is 12.1 Å². The maximum Gasteiger partial charge on any atom is 0.573 e. The van der Waals surface area contributed by atoms with Gasteiger partial charge in [0.25, 0.3) is 0 Å². The van der Waals surface area contributed by atoms with Crippen LogP contribution in [0.1, 0.15) is 12.2 Å².